The van der Waals surface area contributed by atoms with Crippen molar-refractivity contribution in [3.63, 3.8) is 0 Å². The predicted octanol–water partition coefficient (Wildman–Crippen LogP) is 3.97. The van der Waals surface area contributed by atoms with E-state index in [9.17, 15) is 8.42 Å². The number of rotatable bonds is 7. The Bertz CT molecular complexity index is 1670. The zero-order valence-electron chi connectivity index (χ0n) is 21.5. The third-order valence-corrected chi connectivity index (χ3v) is 7.89. The summed E-state index contributed by atoms with van der Waals surface area (Å²) in [4.78, 5) is 14.7. The van der Waals surface area contributed by atoms with Crippen LogP contribution < -0.4 is 10.2 Å². The van der Waals surface area contributed by atoms with Gasteiger partial charge < -0.3 is 19.5 Å². The van der Waals surface area contributed by atoms with E-state index in [2.05, 4.69) is 20.5 Å². The van der Waals surface area contributed by atoms with Gasteiger partial charge in [-0.15, -0.1) is 0 Å². The van der Waals surface area contributed by atoms with Gasteiger partial charge in [0.05, 0.1) is 29.1 Å². The van der Waals surface area contributed by atoms with Gasteiger partial charge in [0.25, 0.3) is 0 Å². The van der Waals surface area contributed by atoms with E-state index in [-0.39, 0.29) is 11.9 Å². The van der Waals surface area contributed by atoms with Crippen LogP contribution in [0, 0.1) is 18.6 Å². The Kier molecular flexibility index (Phi) is 6.10. The van der Waals surface area contributed by atoms with E-state index in [1.165, 1.54) is 11.9 Å². The van der Waals surface area contributed by atoms with Gasteiger partial charge >= 0.3 is 0 Å². The standard InChI is InChI=1S/C25H26F2N8O3S/c1-13-8-19(33-32-13)29-24-21(14-4-5-14)22(18-11-28-20-12-38-7-6-35(18)20)30-25(31-24)34(2)23-16(26)9-15(10-17(23)27)39(3,36)37/h8-11,14H,4-7,12H2,1-3H3,(H2,29,30,31,32,33). The minimum absolute atomic E-state index is 0.0108. The highest BCUT2D eigenvalue weighted by Gasteiger charge is 2.34. The zero-order valence-corrected chi connectivity index (χ0v) is 22.3. The lowest BCUT2D eigenvalue weighted by Gasteiger charge is -2.23. The van der Waals surface area contributed by atoms with E-state index in [4.69, 9.17) is 14.7 Å². The molecule has 1 aromatic carbocycles. The van der Waals surface area contributed by atoms with Gasteiger partial charge in [-0.3, -0.25) is 5.10 Å². The number of halogens is 2. The Balaban J connectivity index is 1.54. The molecule has 4 heterocycles. The molecule has 0 radical (unpaired) electrons. The summed E-state index contributed by atoms with van der Waals surface area (Å²) < 4.78 is 61.8. The number of H-pyrrole nitrogens is 1. The third-order valence-electron chi connectivity index (χ3n) is 6.80. The summed E-state index contributed by atoms with van der Waals surface area (Å²) in [5.41, 5.74) is 2.59. The third kappa shape index (κ3) is 4.74. The maximum absolute atomic E-state index is 15.2. The van der Waals surface area contributed by atoms with Crippen LogP contribution in [0.25, 0.3) is 11.4 Å². The number of sulfone groups is 1. The number of fused-ring (bicyclic) bond motifs is 1. The van der Waals surface area contributed by atoms with Gasteiger partial charge in [0.1, 0.15) is 23.9 Å². The molecule has 0 atom stereocenters. The largest absolute Gasteiger partial charge is 0.372 e. The molecule has 0 amide bonds. The fraction of sp³-hybridized carbons (Fsp3) is 0.360. The fourth-order valence-corrected chi connectivity index (χ4v) is 5.36. The van der Waals surface area contributed by atoms with Crippen LogP contribution in [0.4, 0.5) is 32.1 Å². The van der Waals surface area contributed by atoms with Crippen LogP contribution in [-0.2, 0) is 27.7 Å². The summed E-state index contributed by atoms with van der Waals surface area (Å²) in [5, 5.41) is 10.4. The monoisotopic (exact) mass is 556 g/mol. The highest BCUT2D eigenvalue weighted by atomic mass is 32.2. The molecule has 3 aromatic heterocycles. The molecular formula is C25H26F2N8O3S. The summed E-state index contributed by atoms with van der Waals surface area (Å²) in [6, 6.07) is 3.41. The van der Waals surface area contributed by atoms with Crippen molar-refractivity contribution in [1.82, 2.24) is 29.7 Å². The average Bonchev–Trinajstić information content (AvgIpc) is 3.50. The first-order chi connectivity index (χ1) is 18.6. The van der Waals surface area contributed by atoms with E-state index < -0.39 is 32.1 Å². The van der Waals surface area contributed by atoms with Crippen molar-refractivity contribution in [1.29, 1.82) is 0 Å². The lowest BCUT2D eigenvalue weighted by Crippen LogP contribution is -2.20. The molecule has 1 saturated carbocycles. The normalized spacial score (nSPS) is 15.3. The Morgan fingerprint density at radius 1 is 1.18 bits per heavy atom. The summed E-state index contributed by atoms with van der Waals surface area (Å²) >= 11 is 0. The Morgan fingerprint density at radius 2 is 1.92 bits per heavy atom. The average molecular weight is 557 g/mol. The van der Waals surface area contributed by atoms with Crippen molar-refractivity contribution in [2.75, 3.05) is 30.1 Å². The van der Waals surface area contributed by atoms with E-state index in [1.807, 2.05) is 17.6 Å². The van der Waals surface area contributed by atoms with E-state index in [1.54, 1.807) is 6.20 Å². The van der Waals surface area contributed by atoms with Gasteiger partial charge in [0.15, 0.2) is 27.3 Å². The minimum atomic E-state index is -3.82. The summed E-state index contributed by atoms with van der Waals surface area (Å²) in [7, 11) is -2.39. The number of nitrogens with one attached hydrogen (secondary N) is 2. The highest BCUT2D eigenvalue weighted by Crippen LogP contribution is 2.48. The van der Waals surface area contributed by atoms with Crippen molar-refractivity contribution in [3.8, 4) is 11.4 Å². The Morgan fingerprint density at radius 3 is 2.56 bits per heavy atom. The van der Waals surface area contributed by atoms with Crippen molar-refractivity contribution in [3.05, 3.63) is 53.1 Å². The predicted molar refractivity (Wildman–Crippen MR) is 139 cm³/mol. The number of aromatic amines is 1. The van der Waals surface area contributed by atoms with Crippen LogP contribution in [0.15, 0.2) is 29.3 Å². The van der Waals surface area contributed by atoms with Crippen LogP contribution in [0.1, 0.15) is 35.8 Å². The number of aromatic nitrogens is 6. The van der Waals surface area contributed by atoms with Crippen LogP contribution in [-0.4, -0.2) is 58.0 Å². The molecule has 1 aliphatic carbocycles. The summed E-state index contributed by atoms with van der Waals surface area (Å²) in [5.74, 6) is -0.140. The van der Waals surface area contributed by atoms with Crippen LogP contribution in [0.3, 0.4) is 0 Å². The highest BCUT2D eigenvalue weighted by molar-refractivity contribution is 7.90. The van der Waals surface area contributed by atoms with Gasteiger partial charge in [-0.05, 0) is 37.8 Å². The van der Waals surface area contributed by atoms with Crippen LogP contribution in [0.2, 0.25) is 0 Å². The number of ether oxygens (including phenoxy) is 1. The van der Waals surface area contributed by atoms with Gasteiger partial charge in [-0.25, -0.2) is 27.2 Å². The molecule has 11 nitrogen and oxygen atoms in total. The second-order valence-corrected chi connectivity index (χ2v) is 11.8. The van der Waals surface area contributed by atoms with E-state index >= 15 is 8.78 Å². The molecule has 1 aliphatic heterocycles. The number of hydrogen-bond acceptors (Lipinski definition) is 9. The fourth-order valence-electron chi connectivity index (χ4n) is 4.72. The number of anilines is 4. The quantitative estimate of drug-likeness (QED) is 0.347. The number of benzene rings is 1. The molecule has 39 heavy (non-hydrogen) atoms. The maximum atomic E-state index is 15.2. The molecule has 0 unspecified atom stereocenters. The maximum Gasteiger partial charge on any atom is 0.232 e. The van der Waals surface area contributed by atoms with Crippen LogP contribution in [0.5, 0.6) is 0 Å². The molecule has 6 rings (SSSR count). The number of aryl methyl sites for hydroxylation is 1. The molecule has 2 N–H and O–H groups in total. The Hall–Kier alpha value is -3.91. The lowest BCUT2D eigenvalue weighted by atomic mass is 10.1. The molecular weight excluding hydrogens is 530 g/mol. The topological polar surface area (TPSA) is 131 Å². The lowest BCUT2D eigenvalue weighted by molar-refractivity contribution is 0.0821. The van der Waals surface area contributed by atoms with E-state index in [0.717, 1.165) is 54.0 Å². The van der Waals surface area contributed by atoms with Gasteiger partial charge in [-0.2, -0.15) is 10.1 Å². The first-order valence-corrected chi connectivity index (χ1v) is 14.3. The molecule has 2 aliphatic rings. The number of hydrogen-bond donors (Lipinski definition) is 2. The van der Waals surface area contributed by atoms with Crippen molar-refractivity contribution in [2.45, 2.75) is 43.7 Å². The molecule has 1 fully saturated rings. The summed E-state index contributed by atoms with van der Waals surface area (Å²) in [6.45, 7) is 3.35. The molecule has 0 bridgehead atoms. The van der Waals surface area contributed by atoms with Crippen molar-refractivity contribution in [2.24, 2.45) is 0 Å². The first kappa shape index (κ1) is 25.4. The second kappa shape index (κ2) is 9.38. The molecule has 14 heteroatoms. The van der Waals surface area contributed by atoms with E-state index in [0.29, 0.717) is 37.1 Å². The Labute approximate surface area is 223 Å². The first-order valence-electron chi connectivity index (χ1n) is 12.4. The molecule has 204 valence electrons. The second-order valence-electron chi connectivity index (χ2n) is 9.80. The zero-order chi connectivity index (χ0) is 27.5. The van der Waals surface area contributed by atoms with Crippen LogP contribution >= 0.6 is 0 Å². The molecule has 0 saturated heterocycles. The SMILES string of the molecule is Cc1cc(Nc2nc(N(C)c3c(F)cc(S(C)(=O)=O)cc3F)nc(-c3cnc4n3CCOC4)c2C2CC2)n[nH]1. The summed E-state index contributed by atoms with van der Waals surface area (Å²) in [6.07, 6.45) is 4.51. The number of imidazole rings is 1. The van der Waals surface area contributed by atoms with Gasteiger partial charge in [0, 0.05) is 37.2 Å². The minimum Gasteiger partial charge on any atom is -0.372 e. The smallest absolute Gasteiger partial charge is 0.232 e. The number of nitrogens with zero attached hydrogens (tertiary/aromatic N) is 6. The van der Waals surface area contributed by atoms with Crippen molar-refractivity contribution < 1.29 is 21.9 Å². The van der Waals surface area contributed by atoms with Gasteiger partial charge in [0.2, 0.25) is 5.95 Å². The van der Waals surface area contributed by atoms with Gasteiger partial charge in [-0.1, -0.05) is 0 Å². The van der Waals surface area contributed by atoms with Crippen molar-refractivity contribution >= 4 is 33.1 Å². The molecule has 0 spiro atoms. The molecule has 4 aromatic rings.